The quantitative estimate of drug-likeness (QED) is 0.408. The van der Waals surface area contributed by atoms with Crippen molar-refractivity contribution in [2.24, 2.45) is 5.92 Å². The van der Waals surface area contributed by atoms with E-state index < -0.39 is 15.6 Å². The Kier molecular flexibility index (Phi) is 9.57. The summed E-state index contributed by atoms with van der Waals surface area (Å²) in [4.78, 5) is 19.8. The number of hydrogen-bond acceptors (Lipinski definition) is 9. The molecule has 2 fully saturated rings. The average molecular weight is 609 g/mol. The lowest BCUT2D eigenvalue weighted by Gasteiger charge is -2.37. The molecule has 2 aromatic rings. The van der Waals surface area contributed by atoms with Gasteiger partial charge < -0.3 is 24.4 Å². The number of benzene rings is 1. The maximum atomic E-state index is 13.6. The number of anilines is 1. The van der Waals surface area contributed by atoms with Crippen LogP contribution in [-0.2, 0) is 19.5 Å². The van der Waals surface area contributed by atoms with Crippen LogP contribution in [0.4, 0.5) is 9.93 Å². The first kappa shape index (κ1) is 31.5. The fraction of sp³-hybridized carbons (Fsp3) is 0.655. The Morgan fingerprint density at radius 3 is 2.37 bits per heavy atom. The van der Waals surface area contributed by atoms with E-state index >= 15 is 0 Å². The summed E-state index contributed by atoms with van der Waals surface area (Å²) >= 11 is 1.52. The summed E-state index contributed by atoms with van der Waals surface area (Å²) in [5.74, 6) is 0.748. The molecule has 0 aliphatic carbocycles. The van der Waals surface area contributed by atoms with Crippen molar-refractivity contribution in [2.75, 3.05) is 38.7 Å². The van der Waals surface area contributed by atoms with Crippen LogP contribution in [0, 0.1) is 12.8 Å². The number of carbonyl (C=O) groups is 1. The van der Waals surface area contributed by atoms with Crippen LogP contribution in [0.2, 0.25) is 0 Å². The highest BCUT2D eigenvalue weighted by Crippen LogP contribution is 2.39. The molecule has 0 bridgehead atoms. The van der Waals surface area contributed by atoms with Crippen LogP contribution in [0.3, 0.4) is 0 Å². The maximum Gasteiger partial charge on any atom is 0.410 e. The van der Waals surface area contributed by atoms with E-state index in [0.29, 0.717) is 31.8 Å². The number of aromatic nitrogens is 1. The molecule has 0 spiro atoms. The minimum Gasteiger partial charge on any atom is -0.495 e. The van der Waals surface area contributed by atoms with Gasteiger partial charge in [-0.2, -0.15) is 0 Å². The molecule has 4 rings (SSSR count). The van der Waals surface area contributed by atoms with Gasteiger partial charge in [0.25, 0.3) is 0 Å². The second kappa shape index (κ2) is 12.4. The number of hydrogen-bond donors (Lipinski definition) is 2. The van der Waals surface area contributed by atoms with Gasteiger partial charge in [-0.05, 0) is 96.9 Å². The lowest BCUT2D eigenvalue weighted by molar-refractivity contribution is 0.0203. The van der Waals surface area contributed by atoms with E-state index in [-0.39, 0.29) is 28.3 Å². The highest BCUT2D eigenvalue weighted by molar-refractivity contribution is 7.89. The van der Waals surface area contributed by atoms with Gasteiger partial charge in [0.1, 0.15) is 16.2 Å². The summed E-state index contributed by atoms with van der Waals surface area (Å²) < 4.78 is 46.5. The lowest BCUT2D eigenvalue weighted by Crippen LogP contribution is -2.47. The Bertz CT molecular complexity index is 1320. The monoisotopic (exact) mass is 608 g/mol. The topological polar surface area (TPSA) is 119 Å². The van der Waals surface area contributed by atoms with Gasteiger partial charge in [0.15, 0.2) is 5.13 Å². The predicted molar refractivity (Wildman–Crippen MR) is 161 cm³/mol. The first-order valence-corrected chi connectivity index (χ1v) is 16.5. The summed E-state index contributed by atoms with van der Waals surface area (Å²) in [6, 6.07) is 4.91. The third kappa shape index (κ3) is 7.91. The van der Waals surface area contributed by atoms with Crippen molar-refractivity contribution in [1.29, 1.82) is 0 Å². The Morgan fingerprint density at radius 2 is 1.76 bits per heavy atom. The van der Waals surface area contributed by atoms with Crippen molar-refractivity contribution in [1.82, 2.24) is 14.6 Å². The summed E-state index contributed by atoms with van der Waals surface area (Å²) in [6.07, 6.45) is 2.62. The molecule has 12 heteroatoms. The third-order valence-corrected chi connectivity index (χ3v) is 10.3. The minimum absolute atomic E-state index is 0.0805. The van der Waals surface area contributed by atoms with Gasteiger partial charge in [-0.15, -0.1) is 0 Å². The number of methoxy groups -OCH3 is 1. The number of ether oxygens (including phenoxy) is 3. The second-order valence-electron chi connectivity index (χ2n) is 12.4. The zero-order valence-corrected chi connectivity index (χ0v) is 26.8. The Morgan fingerprint density at radius 1 is 1.10 bits per heavy atom. The minimum atomic E-state index is -3.90. The SMILES string of the molecule is COc1ccc(-c2sc(NC(C)(C)C3CCOCC3)nc2C)cc1S(=O)(=O)NC1CCN(C(=O)OC(C)(C)C)CC1. The molecule has 2 saturated heterocycles. The smallest absolute Gasteiger partial charge is 0.410 e. The molecule has 10 nitrogen and oxygen atoms in total. The van der Waals surface area contributed by atoms with Crippen molar-refractivity contribution < 1.29 is 27.4 Å². The molecular weight excluding hydrogens is 564 g/mol. The summed E-state index contributed by atoms with van der Waals surface area (Å²) in [5.41, 5.74) is 0.864. The first-order valence-electron chi connectivity index (χ1n) is 14.2. The van der Waals surface area contributed by atoms with E-state index in [4.69, 9.17) is 19.2 Å². The molecular formula is C29H44N4O6S2. The molecule has 1 aromatic heterocycles. The Labute approximate surface area is 248 Å². The number of piperidine rings is 1. The molecule has 2 aliphatic heterocycles. The standard InChI is InChI=1S/C29H44N4O6S2/c1-19-25(40-26(30-19)31-29(5,6)21-12-16-38-17-13-21)20-8-9-23(37-7)24(18-20)41(35,36)32-22-10-14-33(15-11-22)27(34)39-28(2,3)4/h8-9,18,21-22,32H,10-17H2,1-7H3,(H,30,31). The van der Waals surface area contributed by atoms with Crippen LogP contribution in [0.15, 0.2) is 23.1 Å². The molecule has 1 amide bonds. The van der Waals surface area contributed by atoms with Crippen molar-refractivity contribution in [2.45, 2.75) is 89.3 Å². The Hall–Kier alpha value is -2.41. The van der Waals surface area contributed by atoms with E-state index in [1.807, 2.05) is 33.8 Å². The number of aryl methyl sites for hydroxylation is 1. The zero-order valence-electron chi connectivity index (χ0n) is 25.2. The summed E-state index contributed by atoms with van der Waals surface area (Å²) in [6.45, 7) is 14.2. The lowest BCUT2D eigenvalue weighted by atomic mass is 9.82. The van der Waals surface area contributed by atoms with Crippen molar-refractivity contribution >= 4 is 32.6 Å². The van der Waals surface area contributed by atoms with E-state index in [9.17, 15) is 13.2 Å². The number of nitrogens with zero attached hydrogens (tertiary/aromatic N) is 2. The highest BCUT2D eigenvalue weighted by atomic mass is 32.2. The molecule has 0 radical (unpaired) electrons. The van der Waals surface area contributed by atoms with Gasteiger partial charge in [0.2, 0.25) is 10.0 Å². The predicted octanol–water partition coefficient (Wildman–Crippen LogP) is 5.42. The molecule has 1 aromatic carbocycles. The van der Waals surface area contributed by atoms with Gasteiger partial charge in [0, 0.05) is 37.9 Å². The average Bonchev–Trinajstić information content (AvgIpc) is 3.27. The molecule has 228 valence electrons. The molecule has 3 heterocycles. The van der Waals surface area contributed by atoms with Crippen LogP contribution >= 0.6 is 11.3 Å². The van der Waals surface area contributed by atoms with Gasteiger partial charge in [-0.3, -0.25) is 0 Å². The van der Waals surface area contributed by atoms with Crippen molar-refractivity contribution in [3.05, 3.63) is 23.9 Å². The van der Waals surface area contributed by atoms with Crippen LogP contribution in [0.1, 0.15) is 66.0 Å². The van der Waals surface area contributed by atoms with Crippen LogP contribution in [-0.4, -0.2) is 75.0 Å². The van der Waals surface area contributed by atoms with Gasteiger partial charge in [-0.25, -0.2) is 22.9 Å². The van der Waals surface area contributed by atoms with Crippen LogP contribution < -0.4 is 14.8 Å². The molecule has 2 aliphatic rings. The number of amides is 1. The molecule has 41 heavy (non-hydrogen) atoms. The van der Waals surface area contributed by atoms with Crippen molar-refractivity contribution in [3.63, 3.8) is 0 Å². The van der Waals surface area contributed by atoms with Gasteiger partial charge in [-0.1, -0.05) is 11.3 Å². The van der Waals surface area contributed by atoms with Gasteiger partial charge in [0.05, 0.1) is 17.7 Å². The number of rotatable bonds is 8. The number of carbonyl (C=O) groups excluding carboxylic acids is 1. The number of likely N-dealkylation sites (tertiary alicyclic amines) is 1. The van der Waals surface area contributed by atoms with Gasteiger partial charge >= 0.3 is 6.09 Å². The van der Waals surface area contributed by atoms with Crippen LogP contribution in [0.25, 0.3) is 10.4 Å². The van der Waals surface area contributed by atoms with E-state index in [1.165, 1.54) is 18.4 Å². The van der Waals surface area contributed by atoms with Crippen LogP contribution in [0.5, 0.6) is 5.75 Å². The molecule has 0 saturated carbocycles. The molecule has 0 atom stereocenters. The fourth-order valence-corrected chi connectivity index (χ4v) is 7.96. The van der Waals surface area contributed by atoms with E-state index in [1.54, 1.807) is 17.0 Å². The maximum absolute atomic E-state index is 13.6. The third-order valence-electron chi connectivity index (χ3n) is 7.65. The normalized spacial score (nSPS) is 17.9. The zero-order chi connectivity index (χ0) is 30.0. The molecule has 2 N–H and O–H groups in total. The Balaban J connectivity index is 1.48. The van der Waals surface area contributed by atoms with E-state index in [2.05, 4.69) is 23.9 Å². The van der Waals surface area contributed by atoms with E-state index in [0.717, 1.165) is 47.3 Å². The first-order chi connectivity index (χ1) is 19.2. The second-order valence-corrected chi connectivity index (χ2v) is 15.1. The van der Waals surface area contributed by atoms with Crippen molar-refractivity contribution in [3.8, 4) is 16.2 Å². The molecule has 0 unspecified atom stereocenters. The highest BCUT2D eigenvalue weighted by Gasteiger charge is 2.33. The fourth-order valence-electron chi connectivity index (χ4n) is 5.33. The summed E-state index contributed by atoms with van der Waals surface area (Å²) in [7, 11) is -2.44. The largest absolute Gasteiger partial charge is 0.495 e. The summed E-state index contributed by atoms with van der Waals surface area (Å²) in [5, 5.41) is 4.43. The number of nitrogens with one attached hydrogen (secondary N) is 2. The number of sulfonamides is 1. The number of thiazole rings is 1.